The number of hydrogen-bond acceptors (Lipinski definition) is 2. The van der Waals surface area contributed by atoms with E-state index in [0.717, 1.165) is 0 Å². The Kier molecular flexibility index (Phi) is 15.9. The van der Waals surface area contributed by atoms with E-state index < -0.39 is 0 Å². The molecule has 0 aliphatic carbocycles. The van der Waals surface area contributed by atoms with Crippen LogP contribution in [0.5, 0.6) is 0 Å². The molecular weight excluding hydrogens is 430 g/mol. The summed E-state index contributed by atoms with van der Waals surface area (Å²) >= 11 is 2.01. The van der Waals surface area contributed by atoms with Crippen LogP contribution < -0.4 is 0 Å². The van der Waals surface area contributed by atoms with Crippen molar-refractivity contribution in [2.24, 2.45) is 0 Å². The second-order valence-electron chi connectivity index (χ2n) is 10.7. The first-order valence-electron chi connectivity index (χ1n) is 15.1. The van der Waals surface area contributed by atoms with Gasteiger partial charge in [-0.1, -0.05) is 136 Å². The lowest BCUT2D eigenvalue weighted by Gasteiger charge is -2.18. The molecule has 0 spiro atoms. The second kappa shape index (κ2) is 18.4. The van der Waals surface area contributed by atoms with Gasteiger partial charge in [0.15, 0.2) is 0 Å². The summed E-state index contributed by atoms with van der Waals surface area (Å²) in [5.74, 6) is 1.36. The molecule has 1 aromatic carbocycles. The molecule has 194 valence electrons. The zero-order valence-electron chi connectivity index (χ0n) is 23.2. The number of nitrogens with zero attached hydrogens (tertiary/aromatic N) is 1. The molecule has 0 saturated carbocycles. The average molecular weight is 486 g/mol. The van der Waals surface area contributed by atoms with Crippen LogP contribution in [-0.4, -0.2) is 4.98 Å². The Hall–Kier alpha value is -0.890. The number of unbranched alkanes of at least 4 members (excludes halogenated alkanes) is 11. The van der Waals surface area contributed by atoms with E-state index in [1.54, 1.807) is 5.56 Å². The van der Waals surface area contributed by atoms with Crippen LogP contribution in [0.25, 0.3) is 10.2 Å². The highest BCUT2D eigenvalue weighted by Crippen LogP contribution is 2.39. The summed E-state index contributed by atoms with van der Waals surface area (Å²) in [6.45, 7) is 9.27. The van der Waals surface area contributed by atoms with E-state index in [4.69, 9.17) is 4.98 Å². The number of hydrogen-bond donors (Lipinski definition) is 0. The van der Waals surface area contributed by atoms with Crippen LogP contribution in [0.2, 0.25) is 0 Å². The summed E-state index contributed by atoms with van der Waals surface area (Å²) in [7, 11) is 0. The number of para-hydroxylation sites is 1. The molecule has 2 aromatic rings. The molecule has 0 aliphatic heterocycles. The lowest BCUT2D eigenvalue weighted by atomic mass is 9.87. The molecule has 1 aromatic heterocycles. The van der Waals surface area contributed by atoms with Crippen LogP contribution in [0, 0.1) is 0 Å². The molecule has 2 rings (SSSR count). The summed E-state index contributed by atoms with van der Waals surface area (Å²) in [4.78, 5) is 5.42. The van der Waals surface area contributed by atoms with Crippen LogP contribution in [-0.2, 0) is 0 Å². The first-order valence-corrected chi connectivity index (χ1v) is 16.0. The van der Waals surface area contributed by atoms with Gasteiger partial charge in [-0.3, -0.25) is 0 Å². The smallest absolute Gasteiger partial charge is 0.0969 e. The molecule has 0 fully saturated rings. The van der Waals surface area contributed by atoms with Gasteiger partial charge in [-0.25, -0.2) is 4.98 Å². The lowest BCUT2D eigenvalue weighted by molar-refractivity contribution is 0.496. The van der Waals surface area contributed by atoms with Crippen molar-refractivity contribution < 1.29 is 0 Å². The molecule has 1 unspecified atom stereocenters. The zero-order chi connectivity index (χ0) is 24.4. The first-order chi connectivity index (χ1) is 16.7. The Morgan fingerprint density at radius 1 is 0.588 bits per heavy atom. The predicted octanol–water partition coefficient (Wildman–Crippen LogP) is 12.0. The summed E-state index contributed by atoms with van der Waals surface area (Å²) in [6.07, 6.45) is 25.7. The van der Waals surface area contributed by atoms with Crippen LogP contribution >= 0.6 is 11.3 Å². The standard InChI is InChI=1S/C32H55NS/c1-5-9-13-17-21-27(22-18-14-10-6-2)29-25-20-26-30-31(29)33-32(34-30)28(23-16-12-8-4)24-19-15-11-7-3/h20,25-28H,5-19,21-24H2,1-4H3. The number of fused-ring (bicyclic) bond motifs is 1. The lowest BCUT2D eigenvalue weighted by Crippen LogP contribution is -2.02. The van der Waals surface area contributed by atoms with E-state index in [-0.39, 0.29) is 0 Å². The fourth-order valence-corrected chi connectivity index (χ4v) is 6.60. The van der Waals surface area contributed by atoms with E-state index in [1.807, 2.05) is 11.3 Å². The maximum Gasteiger partial charge on any atom is 0.0969 e. The van der Waals surface area contributed by atoms with Gasteiger partial charge in [0.2, 0.25) is 0 Å². The molecule has 0 radical (unpaired) electrons. The fraction of sp³-hybridized carbons (Fsp3) is 0.781. The van der Waals surface area contributed by atoms with Gasteiger partial charge in [0.25, 0.3) is 0 Å². The normalized spacial score (nSPS) is 12.7. The maximum absolute atomic E-state index is 5.42. The third-order valence-corrected chi connectivity index (χ3v) is 8.81. The number of rotatable bonds is 21. The van der Waals surface area contributed by atoms with Crippen molar-refractivity contribution in [3.8, 4) is 0 Å². The molecule has 1 nitrogen and oxygen atoms in total. The molecule has 0 saturated heterocycles. The molecule has 0 bridgehead atoms. The minimum absolute atomic E-state index is 0.668. The highest BCUT2D eigenvalue weighted by Gasteiger charge is 2.20. The van der Waals surface area contributed by atoms with Crippen molar-refractivity contribution >= 4 is 21.6 Å². The minimum atomic E-state index is 0.668. The van der Waals surface area contributed by atoms with Crippen LogP contribution in [0.3, 0.4) is 0 Å². The number of benzene rings is 1. The van der Waals surface area contributed by atoms with E-state index in [9.17, 15) is 0 Å². The monoisotopic (exact) mass is 485 g/mol. The predicted molar refractivity (Wildman–Crippen MR) is 156 cm³/mol. The summed E-state index contributed by atoms with van der Waals surface area (Å²) < 4.78 is 1.44. The van der Waals surface area contributed by atoms with Crippen molar-refractivity contribution in [1.82, 2.24) is 4.98 Å². The van der Waals surface area contributed by atoms with Gasteiger partial charge in [0.1, 0.15) is 0 Å². The van der Waals surface area contributed by atoms with Gasteiger partial charge in [-0.05, 0) is 43.2 Å². The molecule has 34 heavy (non-hydrogen) atoms. The maximum atomic E-state index is 5.42. The Balaban J connectivity index is 2.21. The number of thiazole rings is 1. The third-order valence-electron chi connectivity index (χ3n) is 7.63. The molecular formula is C32H55NS. The van der Waals surface area contributed by atoms with Crippen molar-refractivity contribution in [3.63, 3.8) is 0 Å². The van der Waals surface area contributed by atoms with Gasteiger partial charge >= 0.3 is 0 Å². The van der Waals surface area contributed by atoms with Gasteiger partial charge in [-0.2, -0.15) is 0 Å². The molecule has 1 heterocycles. The Morgan fingerprint density at radius 3 is 1.59 bits per heavy atom. The minimum Gasteiger partial charge on any atom is -0.241 e. The van der Waals surface area contributed by atoms with Crippen molar-refractivity contribution in [2.75, 3.05) is 0 Å². The van der Waals surface area contributed by atoms with Gasteiger partial charge < -0.3 is 0 Å². The Bertz CT molecular complexity index is 737. The average Bonchev–Trinajstić information content (AvgIpc) is 3.29. The van der Waals surface area contributed by atoms with Gasteiger partial charge in [-0.15, -0.1) is 11.3 Å². The molecule has 0 amide bonds. The Labute approximate surface area is 216 Å². The van der Waals surface area contributed by atoms with E-state index >= 15 is 0 Å². The highest BCUT2D eigenvalue weighted by molar-refractivity contribution is 7.18. The van der Waals surface area contributed by atoms with Crippen molar-refractivity contribution in [1.29, 1.82) is 0 Å². The highest BCUT2D eigenvalue weighted by atomic mass is 32.1. The van der Waals surface area contributed by atoms with Crippen molar-refractivity contribution in [3.05, 3.63) is 28.8 Å². The molecule has 2 heteroatoms. The molecule has 0 N–H and O–H groups in total. The first kappa shape index (κ1) is 29.3. The Morgan fingerprint density at radius 2 is 1.06 bits per heavy atom. The van der Waals surface area contributed by atoms with Gasteiger partial charge in [0.05, 0.1) is 15.2 Å². The van der Waals surface area contributed by atoms with E-state index in [2.05, 4.69) is 45.9 Å². The topological polar surface area (TPSA) is 12.9 Å². The van der Waals surface area contributed by atoms with Crippen LogP contribution in [0.1, 0.15) is 172 Å². The molecule has 0 aliphatic rings. The van der Waals surface area contributed by atoms with Crippen LogP contribution in [0.4, 0.5) is 0 Å². The summed E-state index contributed by atoms with van der Waals surface area (Å²) in [5.41, 5.74) is 2.92. The fourth-order valence-electron chi connectivity index (χ4n) is 5.43. The third kappa shape index (κ3) is 10.4. The molecule has 1 atom stereocenters. The van der Waals surface area contributed by atoms with Gasteiger partial charge in [0, 0.05) is 5.92 Å². The second-order valence-corrected chi connectivity index (χ2v) is 11.7. The summed E-state index contributed by atoms with van der Waals surface area (Å²) in [6, 6.07) is 7.08. The SMILES string of the molecule is CCCCCCC(CCCCC)c1nc2c(C(CCCCCC)CCCCCC)cccc2s1. The number of aromatic nitrogens is 1. The zero-order valence-corrected chi connectivity index (χ0v) is 24.0. The largest absolute Gasteiger partial charge is 0.241 e. The quantitative estimate of drug-likeness (QED) is 0.160. The summed E-state index contributed by atoms with van der Waals surface area (Å²) in [5, 5.41) is 1.44. The van der Waals surface area contributed by atoms with Crippen LogP contribution in [0.15, 0.2) is 18.2 Å². The van der Waals surface area contributed by atoms with Crippen molar-refractivity contribution in [2.45, 2.75) is 162 Å². The van der Waals surface area contributed by atoms with E-state index in [0.29, 0.717) is 11.8 Å². The van der Waals surface area contributed by atoms with E-state index in [1.165, 1.54) is 137 Å².